The molecule has 2 aliphatic carbocycles. The molecule has 4 atom stereocenters. The molecule has 4 unspecified atom stereocenters. The van der Waals surface area contributed by atoms with E-state index in [1.807, 2.05) is 12.1 Å². The van der Waals surface area contributed by atoms with Crippen molar-refractivity contribution in [1.29, 1.82) is 0 Å². The van der Waals surface area contributed by atoms with Gasteiger partial charge in [-0.1, -0.05) is 12.1 Å². The van der Waals surface area contributed by atoms with Crippen molar-refractivity contribution >= 4 is 23.9 Å². The highest BCUT2D eigenvalue weighted by Gasteiger charge is 2.51. The first-order valence-corrected chi connectivity index (χ1v) is 8.21. The molecule has 122 valence electrons. The molecule has 0 spiro atoms. The molecule has 2 saturated heterocycles. The fourth-order valence-electron chi connectivity index (χ4n) is 4.70. The Bertz CT molecular complexity index is 773. The zero-order valence-electron chi connectivity index (χ0n) is 12.7. The number of benzene rings is 1. The van der Waals surface area contributed by atoms with Crippen LogP contribution in [0.4, 0.5) is 0 Å². The highest BCUT2D eigenvalue weighted by molar-refractivity contribution is 6.01. The van der Waals surface area contributed by atoms with Gasteiger partial charge in [-0.3, -0.25) is 19.2 Å². The predicted molar refractivity (Wildman–Crippen MR) is 77.7 cm³/mol. The predicted octanol–water partition coefficient (Wildman–Crippen LogP) is 1.15. The monoisotopic (exact) mass is 326 g/mol. The lowest BCUT2D eigenvalue weighted by Gasteiger charge is -2.29. The number of cyclic esters (lactones) is 4. The Morgan fingerprint density at radius 1 is 0.667 bits per heavy atom. The van der Waals surface area contributed by atoms with Gasteiger partial charge in [-0.25, -0.2) is 0 Å². The summed E-state index contributed by atoms with van der Waals surface area (Å²) < 4.78 is 9.62. The highest BCUT2D eigenvalue weighted by Crippen LogP contribution is 2.47. The molecule has 2 fully saturated rings. The van der Waals surface area contributed by atoms with E-state index in [1.165, 1.54) is 0 Å². The van der Waals surface area contributed by atoms with Crippen LogP contribution in [0.2, 0.25) is 0 Å². The van der Waals surface area contributed by atoms with Crippen molar-refractivity contribution < 1.29 is 28.7 Å². The van der Waals surface area contributed by atoms with Gasteiger partial charge in [0.15, 0.2) is 0 Å². The second-order valence-corrected chi connectivity index (χ2v) is 6.98. The first kappa shape index (κ1) is 13.9. The Hall–Kier alpha value is -2.50. The van der Waals surface area contributed by atoms with Crippen LogP contribution in [-0.4, -0.2) is 23.9 Å². The summed E-state index contributed by atoms with van der Waals surface area (Å²) in [6, 6.07) is 3.88. The lowest BCUT2D eigenvalue weighted by atomic mass is 9.70. The van der Waals surface area contributed by atoms with Crippen molar-refractivity contribution in [3.8, 4) is 0 Å². The van der Waals surface area contributed by atoms with E-state index in [4.69, 9.17) is 9.47 Å². The average Bonchev–Trinajstić information content (AvgIpc) is 3.02. The molecule has 1 aromatic carbocycles. The molecule has 0 amide bonds. The quantitative estimate of drug-likeness (QED) is 0.525. The molecule has 0 radical (unpaired) electrons. The van der Waals surface area contributed by atoms with Crippen molar-refractivity contribution in [1.82, 2.24) is 0 Å². The summed E-state index contributed by atoms with van der Waals surface area (Å²) >= 11 is 0. The van der Waals surface area contributed by atoms with Crippen LogP contribution in [0.25, 0.3) is 0 Å². The maximum atomic E-state index is 12.1. The number of ether oxygens (including phenoxy) is 2. The molecule has 5 rings (SSSR count). The maximum absolute atomic E-state index is 12.1. The zero-order chi connectivity index (χ0) is 16.6. The van der Waals surface area contributed by atoms with Gasteiger partial charge < -0.3 is 9.47 Å². The number of carbonyl (C=O) groups excluding carboxylic acids is 4. The van der Waals surface area contributed by atoms with E-state index in [1.54, 1.807) is 0 Å². The molecule has 2 aliphatic heterocycles. The van der Waals surface area contributed by atoms with E-state index in [9.17, 15) is 19.2 Å². The number of hydrogen-bond donors (Lipinski definition) is 0. The van der Waals surface area contributed by atoms with Crippen molar-refractivity contribution in [2.75, 3.05) is 0 Å². The Kier molecular flexibility index (Phi) is 2.62. The van der Waals surface area contributed by atoms with Crippen LogP contribution in [0.5, 0.6) is 0 Å². The van der Waals surface area contributed by atoms with E-state index in [0.717, 1.165) is 22.3 Å². The third kappa shape index (κ3) is 1.66. The van der Waals surface area contributed by atoms with E-state index in [0.29, 0.717) is 25.7 Å². The van der Waals surface area contributed by atoms with Gasteiger partial charge in [0.25, 0.3) is 0 Å². The molecule has 6 heteroatoms. The number of esters is 4. The van der Waals surface area contributed by atoms with Gasteiger partial charge in [-0.05, 0) is 47.9 Å². The normalized spacial score (nSPS) is 33.3. The van der Waals surface area contributed by atoms with Crippen LogP contribution >= 0.6 is 0 Å². The van der Waals surface area contributed by atoms with Crippen LogP contribution in [0, 0.1) is 11.8 Å². The van der Waals surface area contributed by atoms with Crippen LogP contribution in [0.1, 0.15) is 46.9 Å². The maximum Gasteiger partial charge on any atom is 0.321 e. The third-order valence-electron chi connectivity index (χ3n) is 5.84. The molecule has 1 aromatic rings. The Labute approximate surface area is 137 Å². The summed E-state index contributed by atoms with van der Waals surface area (Å²) in [6.07, 6.45) is 2.63. The fourth-order valence-corrected chi connectivity index (χ4v) is 4.70. The smallest absolute Gasteiger partial charge is 0.321 e. The van der Waals surface area contributed by atoms with E-state index in [-0.39, 0.29) is 0 Å². The summed E-state index contributed by atoms with van der Waals surface area (Å²) in [7, 11) is 0. The van der Waals surface area contributed by atoms with E-state index < -0.39 is 47.5 Å². The van der Waals surface area contributed by atoms with E-state index >= 15 is 0 Å². The van der Waals surface area contributed by atoms with E-state index in [2.05, 4.69) is 0 Å². The number of rotatable bonds is 0. The fraction of sp³-hybridized carbons (Fsp3) is 0.444. The largest absolute Gasteiger partial charge is 0.392 e. The lowest BCUT2D eigenvalue weighted by molar-refractivity contribution is -0.155. The number of aryl methyl sites for hydroxylation is 2. The van der Waals surface area contributed by atoms with Gasteiger partial charge in [0.1, 0.15) is 0 Å². The molecular weight excluding hydrogens is 312 g/mol. The molecular formula is C18H14O6. The Morgan fingerprint density at radius 3 is 1.58 bits per heavy atom. The van der Waals surface area contributed by atoms with Crippen molar-refractivity contribution in [2.24, 2.45) is 11.8 Å². The molecule has 0 saturated carbocycles. The molecule has 4 aliphatic rings. The van der Waals surface area contributed by atoms with Crippen molar-refractivity contribution in [3.63, 3.8) is 0 Å². The first-order chi connectivity index (χ1) is 11.5. The molecule has 24 heavy (non-hydrogen) atoms. The topological polar surface area (TPSA) is 86.7 Å². The second-order valence-electron chi connectivity index (χ2n) is 6.98. The van der Waals surface area contributed by atoms with Crippen LogP contribution in [-0.2, 0) is 41.5 Å². The molecule has 0 bridgehead atoms. The number of carbonyl (C=O) groups is 4. The summed E-state index contributed by atoms with van der Waals surface area (Å²) in [4.78, 5) is 47.9. The number of hydrogen-bond acceptors (Lipinski definition) is 6. The highest BCUT2D eigenvalue weighted by atomic mass is 16.6. The Morgan fingerprint density at radius 2 is 1.12 bits per heavy atom. The number of fused-ring (bicyclic) bond motifs is 6. The minimum Gasteiger partial charge on any atom is -0.392 e. The zero-order valence-corrected chi connectivity index (χ0v) is 12.7. The summed E-state index contributed by atoms with van der Waals surface area (Å²) in [5.74, 6) is -3.96. The van der Waals surface area contributed by atoms with Gasteiger partial charge in [0, 0.05) is 0 Å². The second kappa shape index (κ2) is 4.53. The summed E-state index contributed by atoms with van der Waals surface area (Å²) in [6.45, 7) is 0. The van der Waals surface area contributed by atoms with Gasteiger partial charge in [-0.2, -0.15) is 0 Å². The lowest BCUT2D eigenvalue weighted by Crippen LogP contribution is -2.27. The minimum absolute atomic E-state index is 0.431. The van der Waals surface area contributed by atoms with Crippen LogP contribution < -0.4 is 0 Å². The Balaban J connectivity index is 1.66. The van der Waals surface area contributed by atoms with Gasteiger partial charge in [-0.15, -0.1) is 0 Å². The third-order valence-corrected chi connectivity index (χ3v) is 5.84. The molecule has 0 N–H and O–H groups in total. The molecule has 2 heterocycles. The van der Waals surface area contributed by atoms with Crippen molar-refractivity contribution in [2.45, 2.75) is 37.5 Å². The average molecular weight is 326 g/mol. The minimum atomic E-state index is -0.583. The van der Waals surface area contributed by atoms with Crippen molar-refractivity contribution in [3.05, 3.63) is 34.4 Å². The first-order valence-electron chi connectivity index (χ1n) is 8.21. The molecule has 0 aromatic heterocycles. The van der Waals surface area contributed by atoms with Crippen LogP contribution in [0.15, 0.2) is 12.1 Å². The van der Waals surface area contributed by atoms with Crippen LogP contribution in [0.3, 0.4) is 0 Å². The SMILES string of the molecule is O=C1OC(=O)C2c3cc4c(cc3CCC12)CCC1C(=O)OC(=O)C41. The summed E-state index contributed by atoms with van der Waals surface area (Å²) in [5, 5.41) is 0. The van der Waals surface area contributed by atoms with Gasteiger partial charge >= 0.3 is 23.9 Å². The van der Waals surface area contributed by atoms with Gasteiger partial charge in [0.2, 0.25) is 0 Å². The summed E-state index contributed by atoms with van der Waals surface area (Å²) in [5.41, 5.74) is 3.62. The molecule has 6 nitrogen and oxygen atoms in total. The standard InChI is InChI=1S/C18H14O6/c19-15-9-3-1-7-5-8-2-4-10-14(18(22)24-16(10)20)12(8)6-11(7)13(9)17(21)23-15/h5-6,9-10,13-14H,1-4H2. The van der Waals surface area contributed by atoms with Gasteiger partial charge in [0.05, 0.1) is 23.7 Å².